The van der Waals surface area contributed by atoms with E-state index in [0.717, 1.165) is 0 Å². The van der Waals surface area contributed by atoms with Gasteiger partial charge in [0.25, 0.3) is 5.56 Å². The van der Waals surface area contributed by atoms with Crippen LogP contribution in [-0.4, -0.2) is 25.3 Å². The van der Waals surface area contributed by atoms with Crippen LogP contribution in [0.15, 0.2) is 35.4 Å². The fourth-order valence-corrected chi connectivity index (χ4v) is 3.99. The topological polar surface area (TPSA) is 52.7 Å². The highest BCUT2D eigenvalue weighted by Gasteiger charge is 2.42. The van der Waals surface area contributed by atoms with Crippen molar-refractivity contribution in [3.05, 3.63) is 51.8 Å². The number of halogens is 4. The highest BCUT2D eigenvalue weighted by molar-refractivity contribution is 6.30. The van der Waals surface area contributed by atoms with Crippen molar-refractivity contribution < 1.29 is 13.2 Å². The van der Waals surface area contributed by atoms with E-state index in [0.29, 0.717) is 35.0 Å². The monoisotopic (exact) mass is 410 g/mol. The number of hydrogen-bond donors (Lipinski definition) is 0. The van der Waals surface area contributed by atoms with E-state index >= 15 is 0 Å². The minimum absolute atomic E-state index is 0.0358. The molecule has 0 spiro atoms. The Bertz CT molecular complexity index is 1060. The Labute approximate surface area is 163 Å². The van der Waals surface area contributed by atoms with Gasteiger partial charge in [-0.15, -0.1) is 0 Å². The van der Waals surface area contributed by atoms with E-state index in [1.54, 1.807) is 35.9 Å². The zero-order chi connectivity index (χ0) is 20.1. The summed E-state index contributed by atoms with van der Waals surface area (Å²) in [6.45, 7) is 0. The van der Waals surface area contributed by atoms with Gasteiger partial charge in [-0.2, -0.15) is 13.2 Å². The first-order valence-electron chi connectivity index (χ1n) is 9.02. The molecule has 2 aromatic heterocycles. The molecule has 0 N–H and O–H groups in total. The molecular weight excluding hydrogens is 393 g/mol. The van der Waals surface area contributed by atoms with Crippen LogP contribution in [0.5, 0.6) is 0 Å². The second-order valence-electron chi connectivity index (χ2n) is 7.20. The van der Waals surface area contributed by atoms with E-state index in [4.69, 9.17) is 11.6 Å². The lowest BCUT2D eigenvalue weighted by atomic mass is 9.81. The number of aryl methyl sites for hydroxylation is 1. The van der Waals surface area contributed by atoms with Crippen molar-refractivity contribution >= 4 is 22.8 Å². The number of hydrogen-bond acceptors (Lipinski definition) is 3. The number of alkyl halides is 3. The zero-order valence-electron chi connectivity index (χ0n) is 15.1. The lowest BCUT2D eigenvalue weighted by Crippen LogP contribution is -2.31. The van der Waals surface area contributed by atoms with Gasteiger partial charge in [0.2, 0.25) is 0 Å². The molecule has 1 aromatic carbocycles. The molecule has 0 amide bonds. The minimum Gasteiger partial charge on any atom is -0.318 e. The van der Waals surface area contributed by atoms with Gasteiger partial charge in [-0.3, -0.25) is 9.36 Å². The van der Waals surface area contributed by atoms with Crippen LogP contribution >= 0.6 is 11.6 Å². The van der Waals surface area contributed by atoms with Gasteiger partial charge in [0.1, 0.15) is 5.82 Å². The van der Waals surface area contributed by atoms with Gasteiger partial charge in [0, 0.05) is 18.0 Å². The second kappa shape index (κ2) is 6.92. The molecule has 1 saturated carbocycles. The van der Waals surface area contributed by atoms with Crippen molar-refractivity contribution in [3.8, 4) is 5.69 Å². The summed E-state index contributed by atoms with van der Waals surface area (Å²) >= 11 is 5.96. The average Bonchev–Trinajstić information content (AvgIpc) is 3.03. The third-order valence-electron chi connectivity index (χ3n) is 5.40. The van der Waals surface area contributed by atoms with Crippen molar-refractivity contribution in [1.29, 1.82) is 0 Å². The molecule has 0 bridgehead atoms. The van der Waals surface area contributed by atoms with E-state index in [1.807, 2.05) is 0 Å². The van der Waals surface area contributed by atoms with E-state index in [1.165, 1.54) is 10.9 Å². The molecule has 0 aliphatic heterocycles. The van der Waals surface area contributed by atoms with E-state index in [9.17, 15) is 18.0 Å². The third-order valence-corrected chi connectivity index (χ3v) is 5.65. The molecule has 2 heterocycles. The molecule has 1 aliphatic rings. The Morgan fingerprint density at radius 1 is 1.11 bits per heavy atom. The number of fused-ring (bicyclic) bond motifs is 1. The van der Waals surface area contributed by atoms with Crippen molar-refractivity contribution in [2.45, 2.75) is 37.8 Å². The van der Waals surface area contributed by atoms with Gasteiger partial charge < -0.3 is 4.57 Å². The Morgan fingerprint density at radius 3 is 2.36 bits per heavy atom. The SMILES string of the molecule is Cn1cnc2c(=O)n(-c3ccc(Cl)cc3)c([C@H]3CC[C@@H](C(F)(F)F)CC3)nc21. The summed E-state index contributed by atoms with van der Waals surface area (Å²) in [6.07, 6.45) is -1.95. The number of rotatable bonds is 2. The Kier molecular flexibility index (Phi) is 4.69. The zero-order valence-corrected chi connectivity index (χ0v) is 15.8. The molecule has 28 heavy (non-hydrogen) atoms. The van der Waals surface area contributed by atoms with Crippen LogP contribution in [0.4, 0.5) is 13.2 Å². The maximum Gasteiger partial charge on any atom is 0.391 e. The van der Waals surface area contributed by atoms with Gasteiger partial charge in [-0.25, -0.2) is 9.97 Å². The van der Waals surface area contributed by atoms with Crippen LogP contribution in [0.25, 0.3) is 16.9 Å². The van der Waals surface area contributed by atoms with E-state index in [-0.39, 0.29) is 29.8 Å². The number of aromatic nitrogens is 4. The first-order chi connectivity index (χ1) is 13.3. The first-order valence-corrected chi connectivity index (χ1v) is 9.40. The normalized spacial score (nSPS) is 20.6. The van der Waals surface area contributed by atoms with Crippen LogP contribution < -0.4 is 5.56 Å². The molecule has 1 fully saturated rings. The summed E-state index contributed by atoms with van der Waals surface area (Å²) in [5.41, 5.74) is 0.900. The number of imidazole rings is 1. The standard InChI is InChI=1S/C19H18ClF3N4O/c1-26-10-24-15-17(26)25-16(11-2-4-12(5-3-11)19(21,22)23)27(18(15)28)14-8-6-13(20)7-9-14/h6-12H,2-5H2,1H3/t11-,12+. The molecule has 0 radical (unpaired) electrons. The molecule has 0 atom stereocenters. The third kappa shape index (κ3) is 3.30. The van der Waals surface area contributed by atoms with Crippen LogP contribution in [0, 0.1) is 5.92 Å². The average molecular weight is 411 g/mol. The smallest absolute Gasteiger partial charge is 0.318 e. The number of nitrogens with zero attached hydrogens (tertiary/aromatic N) is 4. The maximum absolute atomic E-state index is 13.1. The lowest BCUT2D eigenvalue weighted by Gasteiger charge is -2.30. The summed E-state index contributed by atoms with van der Waals surface area (Å²) in [4.78, 5) is 21.9. The fraction of sp³-hybridized carbons (Fsp3) is 0.421. The summed E-state index contributed by atoms with van der Waals surface area (Å²) in [7, 11) is 1.73. The quantitative estimate of drug-likeness (QED) is 0.620. The van der Waals surface area contributed by atoms with Crippen LogP contribution in [-0.2, 0) is 7.05 Å². The summed E-state index contributed by atoms with van der Waals surface area (Å²) in [5.74, 6) is -1.05. The van der Waals surface area contributed by atoms with Crippen LogP contribution in [0.3, 0.4) is 0 Å². The van der Waals surface area contributed by atoms with Crippen molar-refractivity contribution in [1.82, 2.24) is 19.1 Å². The summed E-state index contributed by atoms with van der Waals surface area (Å²) in [5, 5.41) is 0.524. The van der Waals surface area contributed by atoms with Crippen molar-refractivity contribution in [3.63, 3.8) is 0 Å². The molecule has 4 rings (SSSR count). The van der Waals surface area contributed by atoms with E-state index < -0.39 is 12.1 Å². The second-order valence-corrected chi connectivity index (χ2v) is 7.64. The Hall–Kier alpha value is -2.35. The van der Waals surface area contributed by atoms with Gasteiger partial charge in [-0.05, 0) is 49.9 Å². The van der Waals surface area contributed by atoms with Crippen LogP contribution in [0.1, 0.15) is 37.4 Å². The molecule has 5 nitrogen and oxygen atoms in total. The molecular formula is C19H18ClF3N4O. The van der Waals surface area contributed by atoms with E-state index in [2.05, 4.69) is 9.97 Å². The summed E-state index contributed by atoms with van der Waals surface area (Å²) in [6, 6.07) is 6.72. The van der Waals surface area contributed by atoms with Crippen molar-refractivity contribution in [2.75, 3.05) is 0 Å². The molecule has 9 heteroatoms. The predicted molar refractivity (Wildman–Crippen MR) is 99.9 cm³/mol. The first kappa shape index (κ1) is 19.0. The summed E-state index contributed by atoms with van der Waals surface area (Å²) < 4.78 is 42.2. The molecule has 3 aromatic rings. The largest absolute Gasteiger partial charge is 0.391 e. The highest BCUT2D eigenvalue weighted by Crippen LogP contribution is 2.42. The van der Waals surface area contributed by atoms with Gasteiger partial charge >= 0.3 is 6.18 Å². The molecule has 0 saturated heterocycles. The fourth-order valence-electron chi connectivity index (χ4n) is 3.87. The highest BCUT2D eigenvalue weighted by atomic mass is 35.5. The lowest BCUT2D eigenvalue weighted by molar-refractivity contribution is -0.182. The predicted octanol–water partition coefficient (Wildman–Crippen LogP) is 4.61. The molecule has 0 unspecified atom stereocenters. The van der Waals surface area contributed by atoms with Crippen LogP contribution in [0.2, 0.25) is 5.02 Å². The molecule has 148 valence electrons. The molecule has 1 aliphatic carbocycles. The number of benzene rings is 1. The van der Waals surface area contributed by atoms with Gasteiger partial charge in [-0.1, -0.05) is 11.6 Å². The Balaban J connectivity index is 1.83. The minimum atomic E-state index is -4.18. The van der Waals surface area contributed by atoms with Gasteiger partial charge in [0.05, 0.1) is 17.9 Å². The van der Waals surface area contributed by atoms with Crippen molar-refractivity contribution in [2.24, 2.45) is 13.0 Å². The Morgan fingerprint density at radius 2 is 1.75 bits per heavy atom. The maximum atomic E-state index is 13.1. The van der Waals surface area contributed by atoms with Gasteiger partial charge in [0.15, 0.2) is 11.2 Å².